The molecule has 0 saturated heterocycles. The summed E-state index contributed by atoms with van der Waals surface area (Å²) < 4.78 is 45.2. The minimum Gasteiger partial charge on any atom is -0.486 e. The molecule has 0 amide bonds. The van der Waals surface area contributed by atoms with Crippen molar-refractivity contribution in [3.05, 3.63) is 63.9 Å². The van der Waals surface area contributed by atoms with Crippen molar-refractivity contribution in [2.24, 2.45) is 0 Å². The number of hydrogen-bond donors (Lipinski definition) is 0. The van der Waals surface area contributed by atoms with Gasteiger partial charge in [0.2, 0.25) is 5.82 Å². The fourth-order valence-electron chi connectivity index (χ4n) is 1.41. The fraction of sp³-hybridized carbons (Fsp3) is 0.0769. The Morgan fingerprint density at radius 2 is 1.72 bits per heavy atom. The van der Waals surface area contributed by atoms with E-state index >= 15 is 0 Å². The van der Waals surface area contributed by atoms with E-state index in [9.17, 15) is 13.2 Å². The van der Waals surface area contributed by atoms with Gasteiger partial charge in [-0.05, 0) is 18.2 Å². The zero-order valence-electron chi connectivity index (χ0n) is 9.09. The van der Waals surface area contributed by atoms with E-state index in [2.05, 4.69) is 15.9 Å². The van der Waals surface area contributed by atoms with Crippen LogP contribution in [0.2, 0.25) is 0 Å². The van der Waals surface area contributed by atoms with Crippen molar-refractivity contribution in [2.45, 2.75) is 6.61 Å². The van der Waals surface area contributed by atoms with E-state index in [0.717, 1.165) is 6.07 Å². The molecule has 0 radical (unpaired) electrons. The van der Waals surface area contributed by atoms with Crippen LogP contribution in [0.25, 0.3) is 0 Å². The van der Waals surface area contributed by atoms with Crippen molar-refractivity contribution in [3.8, 4) is 5.75 Å². The van der Waals surface area contributed by atoms with Crippen LogP contribution in [-0.2, 0) is 6.61 Å². The van der Waals surface area contributed by atoms with Gasteiger partial charge in [0.15, 0.2) is 11.6 Å². The van der Waals surface area contributed by atoms with Crippen molar-refractivity contribution in [2.75, 3.05) is 0 Å². The lowest BCUT2D eigenvalue weighted by atomic mass is 10.2. The summed E-state index contributed by atoms with van der Waals surface area (Å²) in [5, 5.41) is 0. The summed E-state index contributed by atoms with van der Waals surface area (Å²) in [7, 11) is 0. The maximum Gasteiger partial charge on any atom is 0.200 e. The van der Waals surface area contributed by atoms with E-state index in [1.165, 1.54) is 24.3 Å². The highest BCUT2D eigenvalue weighted by Crippen LogP contribution is 2.26. The van der Waals surface area contributed by atoms with E-state index < -0.39 is 17.5 Å². The van der Waals surface area contributed by atoms with Crippen LogP contribution in [0, 0.1) is 17.5 Å². The summed E-state index contributed by atoms with van der Waals surface area (Å²) in [5.74, 6) is -2.82. The topological polar surface area (TPSA) is 9.23 Å². The summed E-state index contributed by atoms with van der Waals surface area (Å²) in [6.45, 7) is -0.167. The lowest BCUT2D eigenvalue weighted by Gasteiger charge is -2.09. The minimum absolute atomic E-state index is 0.167. The largest absolute Gasteiger partial charge is 0.486 e. The molecule has 0 aromatic heterocycles. The Balaban J connectivity index is 2.18. The van der Waals surface area contributed by atoms with Crippen molar-refractivity contribution < 1.29 is 17.9 Å². The molecule has 0 aliphatic carbocycles. The van der Waals surface area contributed by atoms with Crippen molar-refractivity contribution in [3.63, 3.8) is 0 Å². The average molecular weight is 317 g/mol. The molecule has 0 atom stereocenters. The average Bonchev–Trinajstić information content (AvgIpc) is 2.33. The Kier molecular flexibility index (Phi) is 3.91. The first-order chi connectivity index (χ1) is 8.58. The fourth-order valence-corrected chi connectivity index (χ4v) is 1.82. The second kappa shape index (κ2) is 5.44. The summed E-state index contributed by atoms with van der Waals surface area (Å²) >= 11 is 3.03. The van der Waals surface area contributed by atoms with Crippen LogP contribution in [0.5, 0.6) is 5.75 Å². The first-order valence-corrected chi connectivity index (χ1v) is 5.88. The molecule has 2 aromatic carbocycles. The van der Waals surface area contributed by atoms with E-state index in [1.54, 1.807) is 6.07 Å². The predicted molar refractivity (Wildman–Crippen MR) is 64.8 cm³/mol. The molecule has 18 heavy (non-hydrogen) atoms. The number of hydrogen-bond acceptors (Lipinski definition) is 1. The molecular weight excluding hydrogens is 309 g/mol. The molecule has 0 bridgehead atoms. The zero-order valence-corrected chi connectivity index (χ0v) is 10.7. The normalized spacial score (nSPS) is 10.4. The van der Waals surface area contributed by atoms with Gasteiger partial charge in [-0.2, -0.15) is 4.39 Å². The van der Waals surface area contributed by atoms with Gasteiger partial charge in [0.1, 0.15) is 12.4 Å². The van der Waals surface area contributed by atoms with E-state index in [0.29, 0.717) is 4.47 Å². The second-order valence-electron chi connectivity index (χ2n) is 3.58. The predicted octanol–water partition coefficient (Wildman–Crippen LogP) is 4.45. The third kappa shape index (κ3) is 2.85. The van der Waals surface area contributed by atoms with Crippen molar-refractivity contribution in [1.82, 2.24) is 0 Å². The van der Waals surface area contributed by atoms with Crippen LogP contribution in [-0.4, -0.2) is 0 Å². The smallest absolute Gasteiger partial charge is 0.200 e. The highest BCUT2D eigenvalue weighted by Gasteiger charge is 2.12. The highest BCUT2D eigenvalue weighted by atomic mass is 79.9. The van der Waals surface area contributed by atoms with Gasteiger partial charge >= 0.3 is 0 Å². The van der Waals surface area contributed by atoms with Crippen molar-refractivity contribution in [1.29, 1.82) is 0 Å². The first-order valence-electron chi connectivity index (χ1n) is 5.08. The summed E-state index contributed by atoms with van der Waals surface area (Å²) in [6, 6.07) is 8.25. The van der Waals surface area contributed by atoms with Crippen LogP contribution >= 0.6 is 15.9 Å². The molecule has 0 saturated carbocycles. The third-order valence-electron chi connectivity index (χ3n) is 2.30. The van der Waals surface area contributed by atoms with E-state index in [1.807, 2.05) is 0 Å². The lowest BCUT2D eigenvalue weighted by molar-refractivity contribution is 0.279. The molecule has 0 aliphatic rings. The van der Waals surface area contributed by atoms with Gasteiger partial charge in [0, 0.05) is 10.0 Å². The zero-order chi connectivity index (χ0) is 13.1. The molecule has 94 valence electrons. The minimum atomic E-state index is -1.09. The molecular formula is C13H8BrF3O. The molecule has 0 heterocycles. The van der Waals surface area contributed by atoms with Gasteiger partial charge in [-0.15, -0.1) is 0 Å². The Labute approximate surface area is 110 Å². The number of ether oxygens (including phenoxy) is 1. The van der Waals surface area contributed by atoms with Crippen molar-refractivity contribution >= 4 is 15.9 Å². The molecule has 2 aromatic rings. The third-order valence-corrected chi connectivity index (χ3v) is 2.76. The van der Waals surface area contributed by atoms with Crippen LogP contribution in [0.3, 0.4) is 0 Å². The molecule has 0 unspecified atom stereocenters. The van der Waals surface area contributed by atoms with Gasteiger partial charge in [0.05, 0.1) is 0 Å². The van der Waals surface area contributed by atoms with Crippen LogP contribution in [0.4, 0.5) is 13.2 Å². The number of benzene rings is 2. The number of halogens is 4. The quantitative estimate of drug-likeness (QED) is 0.760. The van der Waals surface area contributed by atoms with E-state index in [-0.39, 0.29) is 17.9 Å². The lowest BCUT2D eigenvalue weighted by Crippen LogP contribution is -2.01. The van der Waals surface area contributed by atoms with Gasteiger partial charge in [-0.1, -0.05) is 34.1 Å². The molecule has 0 N–H and O–H groups in total. The van der Waals surface area contributed by atoms with Crippen LogP contribution in [0.1, 0.15) is 5.56 Å². The maximum atomic E-state index is 13.4. The molecule has 1 nitrogen and oxygen atoms in total. The maximum absolute atomic E-state index is 13.4. The van der Waals surface area contributed by atoms with Gasteiger partial charge < -0.3 is 4.74 Å². The Hall–Kier alpha value is -1.49. The standard InChI is InChI=1S/C13H8BrF3O/c14-9-5-11(16)13(17)12(6-9)18-7-8-3-1-2-4-10(8)15/h1-6H,7H2. The Morgan fingerprint density at radius 3 is 2.44 bits per heavy atom. The monoisotopic (exact) mass is 316 g/mol. The molecule has 0 fully saturated rings. The molecule has 2 rings (SSSR count). The second-order valence-corrected chi connectivity index (χ2v) is 4.50. The summed E-state index contributed by atoms with van der Waals surface area (Å²) in [4.78, 5) is 0. The van der Waals surface area contributed by atoms with Gasteiger partial charge in [-0.3, -0.25) is 0 Å². The first kappa shape index (κ1) is 13.0. The van der Waals surface area contributed by atoms with E-state index in [4.69, 9.17) is 4.74 Å². The Bertz CT molecular complexity index is 572. The number of rotatable bonds is 3. The van der Waals surface area contributed by atoms with Crippen LogP contribution in [0.15, 0.2) is 40.9 Å². The van der Waals surface area contributed by atoms with Gasteiger partial charge in [0.25, 0.3) is 0 Å². The SMILES string of the molecule is Fc1ccccc1COc1cc(Br)cc(F)c1F. The highest BCUT2D eigenvalue weighted by molar-refractivity contribution is 9.10. The molecule has 5 heteroatoms. The molecule has 0 aliphatic heterocycles. The molecule has 0 spiro atoms. The summed E-state index contributed by atoms with van der Waals surface area (Å²) in [5.41, 5.74) is 0.275. The Morgan fingerprint density at radius 1 is 1.00 bits per heavy atom. The summed E-state index contributed by atoms with van der Waals surface area (Å²) in [6.07, 6.45) is 0. The van der Waals surface area contributed by atoms with Crippen LogP contribution < -0.4 is 4.74 Å². The van der Waals surface area contributed by atoms with Gasteiger partial charge in [-0.25, -0.2) is 8.78 Å².